The fourth-order valence-corrected chi connectivity index (χ4v) is 5.75. The number of benzene rings is 1. The molecule has 0 radical (unpaired) electrons. The minimum atomic E-state index is -1.01. The normalized spacial score (nSPS) is 15.0. The highest BCUT2D eigenvalue weighted by atomic mass is 32.1. The van der Waals surface area contributed by atoms with Crippen molar-refractivity contribution < 1.29 is 19.4 Å². The lowest BCUT2D eigenvalue weighted by molar-refractivity contribution is -0.133. The number of anilines is 2. The summed E-state index contributed by atoms with van der Waals surface area (Å²) in [5.74, 6) is 1.37. The van der Waals surface area contributed by atoms with E-state index in [9.17, 15) is 9.59 Å². The molecule has 0 fully saturated rings. The average Bonchev–Trinajstić information content (AvgIpc) is 3.47. The van der Waals surface area contributed by atoms with Crippen LogP contribution in [0.5, 0.6) is 5.75 Å². The third kappa shape index (κ3) is 4.51. The van der Waals surface area contributed by atoms with Gasteiger partial charge in [-0.05, 0) is 30.9 Å². The molecule has 12 heteroatoms. The summed E-state index contributed by atoms with van der Waals surface area (Å²) < 4.78 is 5.98. The molecular formula is C24H27N7O4S. The Hall–Kier alpha value is -3.93. The van der Waals surface area contributed by atoms with Gasteiger partial charge in [0.15, 0.2) is 0 Å². The predicted molar refractivity (Wildman–Crippen MR) is 137 cm³/mol. The predicted octanol–water partition coefficient (Wildman–Crippen LogP) is 3.49. The number of carbonyl (C=O) groups is 2. The third-order valence-corrected chi connectivity index (χ3v) is 7.60. The number of aromatic amines is 1. The van der Waals surface area contributed by atoms with E-state index in [-0.39, 0.29) is 25.0 Å². The van der Waals surface area contributed by atoms with Crippen LogP contribution in [0.4, 0.5) is 16.3 Å². The van der Waals surface area contributed by atoms with Crippen LogP contribution in [0.2, 0.25) is 0 Å². The van der Waals surface area contributed by atoms with Gasteiger partial charge in [-0.15, -0.1) is 11.3 Å². The van der Waals surface area contributed by atoms with Crippen LogP contribution in [-0.2, 0) is 17.6 Å². The van der Waals surface area contributed by atoms with Crippen LogP contribution in [0.25, 0.3) is 21.1 Å². The molecule has 5 rings (SSSR count). The summed E-state index contributed by atoms with van der Waals surface area (Å²) in [6.07, 6.45) is 4.53. The molecule has 0 bridgehead atoms. The zero-order valence-corrected chi connectivity index (χ0v) is 21.1. The molecule has 3 aromatic heterocycles. The quantitative estimate of drug-likeness (QED) is 0.344. The van der Waals surface area contributed by atoms with Gasteiger partial charge in [0.25, 0.3) is 0 Å². The largest absolute Gasteiger partial charge is 0.489 e. The van der Waals surface area contributed by atoms with Crippen molar-refractivity contribution in [1.29, 1.82) is 0 Å². The number of rotatable bonds is 7. The van der Waals surface area contributed by atoms with E-state index in [2.05, 4.69) is 25.5 Å². The Balaban J connectivity index is 1.46. The molecule has 4 aromatic rings. The highest BCUT2D eigenvalue weighted by molar-refractivity contribution is 7.19. The van der Waals surface area contributed by atoms with Gasteiger partial charge in [-0.2, -0.15) is 5.10 Å². The van der Waals surface area contributed by atoms with Gasteiger partial charge < -0.3 is 25.0 Å². The second-order valence-electron chi connectivity index (χ2n) is 9.06. The van der Waals surface area contributed by atoms with Gasteiger partial charge in [0.05, 0.1) is 29.3 Å². The van der Waals surface area contributed by atoms with Crippen molar-refractivity contribution in [2.45, 2.75) is 19.3 Å². The maximum absolute atomic E-state index is 12.6. The first kappa shape index (κ1) is 23.8. The van der Waals surface area contributed by atoms with Crippen LogP contribution >= 0.6 is 11.3 Å². The van der Waals surface area contributed by atoms with E-state index in [0.29, 0.717) is 23.7 Å². The number of aryl methyl sites for hydroxylation is 1. The molecular weight excluding hydrogens is 482 g/mol. The van der Waals surface area contributed by atoms with E-state index >= 15 is 0 Å². The molecule has 1 aliphatic carbocycles. The van der Waals surface area contributed by atoms with Gasteiger partial charge in [0.2, 0.25) is 5.91 Å². The third-order valence-electron chi connectivity index (χ3n) is 6.44. The highest BCUT2D eigenvalue weighted by Gasteiger charge is 2.30. The molecule has 0 saturated carbocycles. The molecule has 1 atom stereocenters. The summed E-state index contributed by atoms with van der Waals surface area (Å²) in [7, 11) is 5.09. The molecule has 0 aliphatic heterocycles. The topological polar surface area (TPSA) is 137 Å². The Kier molecular flexibility index (Phi) is 6.35. The second kappa shape index (κ2) is 9.61. The smallest absolute Gasteiger partial charge is 0.407 e. The number of hydrogen-bond acceptors (Lipinski definition) is 8. The molecule has 3 N–H and O–H groups in total. The number of ether oxygens (including phenoxy) is 1. The molecule has 1 aliphatic rings. The number of nitrogens with zero attached hydrogens (tertiary/aromatic N) is 5. The van der Waals surface area contributed by atoms with Crippen LogP contribution in [0.1, 0.15) is 16.9 Å². The number of nitrogens with one attached hydrogen (secondary N) is 2. The van der Waals surface area contributed by atoms with Crippen molar-refractivity contribution in [1.82, 2.24) is 30.0 Å². The van der Waals surface area contributed by atoms with E-state index in [4.69, 9.17) is 9.84 Å². The summed E-state index contributed by atoms with van der Waals surface area (Å²) in [4.78, 5) is 37.6. The first-order valence-electron chi connectivity index (χ1n) is 11.6. The van der Waals surface area contributed by atoms with Crippen LogP contribution in [0.3, 0.4) is 0 Å². The van der Waals surface area contributed by atoms with Crippen LogP contribution in [-0.4, -0.2) is 81.4 Å². The van der Waals surface area contributed by atoms with Crippen molar-refractivity contribution >= 4 is 56.0 Å². The number of fused-ring (bicyclic) bond motifs is 4. The van der Waals surface area contributed by atoms with E-state index in [1.165, 1.54) is 28.7 Å². The summed E-state index contributed by atoms with van der Waals surface area (Å²) >= 11 is 1.62. The molecule has 188 valence electrons. The van der Waals surface area contributed by atoms with Crippen molar-refractivity contribution in [2.75, 3.05) is 39.6 Å². The number of carbonyl (C=O) groups excluding carboxylic acids is 1. The van der Waals surface area contributed by atoms with Gasteiger partial charge in [-0.1, -0.05) is 0 Å². The molecule has 0 spiro atoms. The number of amides is 2. The van der Waals surface area contributed by atoms with Crippen molar-refractivity contribution in [3.05, 3.63) is 35.1 Å². The number of hydrogen-bond donors (Lipinski definition) is 3. The number of thiophene rings is 1. The summed E-state index contributed by atoms with van der Waals surface area (Å²) in [6, 6.07) is 3.76. The monoisotopic (exact) mass is 509 g/mol. The molecule has 36 heavy (non-hydrogen) atoms. The number of H-pyrrole nitrogens is 1. The van der Waals surface area contributed by atoms with Gasteiger partial charge in [-0.25, -0.2) is 14.8 Å². The molecule has 11 nitrogen and oxygen atoms in total. The average molecular weight is 510 g/mol. The van der Waals surface area contributed by atoms with Gasteiger partial charge in [-0.3, -0.25) is 9.89 Å². The molecule has 0 saturated heterocycles. The van der Waals surface area contributed by atoms with Gasteiger partial charge in [0, 0.05) is 43.4 Å². The van der Waals surface area contributed by atoms with E-state index < -0.39 is 6.09 Å². The Bertz CT molecular complexity index is 1450. The Morgan fingerprint density at radius 3 is 2.89 bits per heavy atom. The van der Waals surface area contributed by atoms with Crippen molar-refractivity contribution in [3.63, 3.8) is 0 Å². The SMILES string of the molecule is CN(C)C(=O)[C@H]1CCc2c(sc3ncnc(Nc4cc5cn[nH]c5cc4OCCN(C)C(=O)O)c23)C1. The molecule has 0 unspecified atom stereocenters. The highest BCUT2D eigenvalue weighted by Crippen LogP contribution is 2.41. The van der Waals surface area contributed by atoms with Crippen molar-refractivity contribution in [3.8, 4) is 5.75 Å². The molecule has 1 aromatic carbocycles. The minimum Gasteiger partial charge on any atom is -0.489 e. The lowest BCUT2D eigenvalue weighted by Crippen LogP contribution is -2.32. The van der Waals surface area contributed by atoms with Crippen LogP contribution in [0.15, 0.2) is 24.7 Å². The lowest BCUT2D eigenvalue weighted by Gasteiger charge is -2.24. The summed E-state index contributed by atoms with van der Waals surface area (Å²) in [5.41, 5.74) is 2.69. The van der Waals surface area contributed by atoms with Gasteiger partial charge in [0.1, 0.15) is 29.3 Å². The first-order chi connectivity index (χ1) is 17.3. The van der Waals surface area contributed by atoms with Crippen LogP contribution in [0, 0.1) is 5.92 Å². The maximum Gasteiger partial charge on any atom is 0.407 e. The first-order valence-corrected chi connectivity index (χ1v) is 12.4. The van der Waals surface area contributed by atoms with E-state index in [0.717, 1.165) is 34.0 Å². The second-order valence-corrected chi connectivity index (χ2v) is 10.1. The number of aromatic nitrogens is 4. The van der Waals surface area contributed by atoms with Gasteiger partial charge >= 0.3 is 6.09 Å². The Morgan fingerprint density at radius 1 is 1.28 bits per heavy atom. The fraction of sp³-hybridized carbons (Fsp3) is 0.375. The molecule has 3 heterocycles. The summed E-state index contributed by atoms with van der Waals surface area (Å²) in [5, 5.41) is 21.4. The van der Waals surface area contributed by atoms with Crippen molar-refractivity contribution in [2.24, 2.45) is 5.92 Å². The van der Waals surface area contributed by atoms with Crippen LogP contribution < -0.4 is 10.1 Å². The summed E-state index contributed by atoms with van der Waals surface area (Å²) in [6.45, 7) is 0.407. The lowest BCUT2D eigenvalue weighted by atomic mass is 9.87. The standard InChI is InChI=1S/C24H27N7O4S/c1-30(2)23(32)13-4-5-15-19(9-13)36-22-20(15)21(25-12-26-22)28-17-8-14-11-27-29-16(14)10-18(17)35-7-6-31(3)24(33)34/h8,10-13H,4-7,9H2,1-3H3,(H,27,29)(H,33,34)(H,25,26,28)/t13-/m0/s1. The Morgan fingerprint density at radius 2 is 2.11 bits per heavy atom. The van der Waals surface area contributed by atoms with E-state index in [1.807, 2.05) is 12.1 Å². The minimum absolute atomic E-state index is 0.0163. The molecule has 2 amide bonds. The Labute approximate surface area is 211 Å². The number of carboxylic acid groups (broad SMARTS) is 1. The zero-order valence-electron chi connectivity index (χ0n) is 20.2. The van der Waals surface area contributed by atoms with E-state index in [1.54, 1.807) is 36.5 Å². The zero-order chi connectivity index (χ0) is 25.4. The maximum atomic E-state index is 12.6. The number of likely N-dealkylation sites (N-methyl/N-ethyl adjacent to an activating group) is 1. The fourth-order valence-electron chi connectivity index (χ4n) is 4.49.